The van der Waals surface area contributed by atoms with Gasteiger partial charge in [-0.15, -0.1) is 0 Å². The highest BCUT2D eigenvalue weighted by Gasteiger charge is 2.37. The predicted octanol–water partition coefficient (Wildman–Crippen LogP) is 3.11. The van der Waals surface area contributed by atoms with Gasteiger partial charge in [0.15, 0.2) is 5.76 Å². The average Bonchev–Trinajstić information content (AvgIpc) is 3.22. The number of hydrogen-bond donors (Lipinski definition) is 2. The molecule has 1 aliphatic heterocycles. The quantitative estimate of drug-likeness (QED) is 0.454. The first-order valence-corrected chi connectivity index (χ1v) is 14.0. The molecule has 222 valence electrons. The molecule has 0 fully saturated rings. The molecule has 3 atom stereocenters. The maximum atomic E-state index is 13.5. The molecular weight excluding hydrogens is 557 g/mol. The number of likely N-dealkylation sites (N-methyl/N-ethyl adjacent to an activating group) is 1. The second kappa shape index (κ2) is 12.1. The van der Waals surface area contributed by atoms with Crippen LogP contribution in [0.1, 0.15) is 48.5 Å². The minimum Gasteiger partial charge on any atom is -0.488 e. The zero-order valence-corrected chi connectivity index (χ0v) is 23.6. The van der Waals surface area contributed by atoms with Crippen LogP contribution in [-0.4, -0.2) is 84.8 Å². The Balaban J connectivity index is 1.93. The van der Waals surface area contributed by atoms with Gasteiger partial charge >= 0.3 is 6.18 Å². The topological polar surface area (TPSA) is 142 Å². The molecule has 0 bridgehead atoms. The number of benzene rings is 1. The maximum Gasteiger partial charge on any atom is 0.389 e. The normalized spacial score (nSPS) is 19.1. The summed E-state index contributed by atoms with van der Waals surface area (Å²) in [6.45, 7) is 6.06. The Labute approximate surface area is 230 Å². The minimum absolute atomic E-state index is 0.00190. The number of ether oxygens (including phenoxy) is 1. The number of fused-ring (bicyclic) bond motifs is 1. The fourth-order valence-electron chi connectivity index (χ4n) is 4.35. The van der Waals surface area contributed by atoms with Crippen LogP contribution < -0.4 is 10.1 Å². The van der Waals surface area contributed by atoms with Crippen LogP contribution >= 0.6 is 0 Å². The van der Waals surface area contributed by atoms with Crippen LogP contribution in [0.4, 0.5) is 18.9 Å². The number of aromatic nitrogens is 1. The van der Waals surface area contributed by atoms with Gasteiger partial charge in [-0.05, 0) is 39.0 Å². The van der Waals surface area contributed by atoms with E-state index in [0.29, 0.717) is 0 Å². The van der Waals surface area contributed by atoms with Gasteiger partial charge in [0.05, 0.1) is 31.2 Å². The van der Waals surface area contributed by atoms with Crippen LogP contribution in [0.15, 0.2) is 27.6 Å². The Hall–Kier alpha value is -3.17. The largest absolute Gasteiger partial charge is 0.488 e. The van der Waals surface area contributed by atoms with Crippen molar-refractivity contribution in [3.8, 4) is 5.75 Å². The number of nitrogens with one attached hydrogen (secondary N) is 1. The molecule has 0 saturated carbocycles. The molecule has 1 aromatic heterocycles. The number of rotatable bonds is 9. The molecule has 2 heterocycles. The third-order valence-electron chi connectivity index (χ3n) is 6.66. The van der Waals surface area contributed by atoms with Crippen molar-refractivity contribution in [3.05, 3.63) is 35.2 Å². The first kappa shape index (κ1) is 31.4. The van der Waals surface area contributed by atoms with E-state index in [2.05, 4.69) is 10.5 Å². The van der Waals surface area contributed by atoms with E-state index in [1.165, 1.54) is 44.0 Å². The Morgan fingerprint density at radius 2 is 2.00 bits per heavy atom. The number of aliphatic hydroxyl groups excluding tert-OH is 1. The van der Waals surface area contributed by atoms with E-state index < -0.39 is 58.9 Å². The van der Waals surface area contributed by atoms with Crippen molar-refractivity contribution in [1.82, 2.24) is 14.4 Å². The van der Waals surface area contributed by atoms with Gasteiger partial charge in [-0.25, -0.2) is 8.42 Å². The summed E-state index contributed by atoms with van der Waals surface area (Å²) >= 11 is 0. The molecule has 2 N–H and O–H groups in total. The second-order valence-corrected chi connectivity index (χ2v) is 11.9. The Morgan fingerprint density at radius 1 is 1.32 bits per heavy atom. The smallest absolute Gasteiger partial charge is 0.389 e. The summed E-state index contributed by atoms with van der Waals surface area (Å²) in [5, 5.41) is 15.9. The Kier molecular flexibility index (Phi) is 9.52. The molecule has 0 spiro atoms. The summed E-state index contributed by atoms with van der Waals surface area (Å²) < 4.78 is 76.4. The fourth-order valence-corrected chi connectivity index (χ4v) is 5.81. The lowest BCUT2D eigenvalue weighted by Gasteiger charge is -2.38. The molecular formula is C25H33F3N4O7S. The lowest BCUT2D eigenvalue weighted by atomic mass is 9.99. The van der Waals surface area contributed by atoms with Crippen LogP contribution in [0, 0.1) is 19.8 Å². The van der Waals surface area contributed by atoms with E-state index in [-0.39, 0.29) is 53.0 Å². The first-order chi connectivity index (χ1) is 18.5. The molecule has 3 rings (SSSR count). The lowest BCUT2D eigenvalue weighted by Crippen LogP contribution is -2.50. The van der Waals surface area contributed by atoms with Gasteiger partial charge in [-0.3, -0.25) is 9.59 Å². The number of sulfonamides is 1. The van der Waals surface area contributed by atoms with Crippen molar-refractivity contribution in [1.29, 1.82) is 0 Å². The number of aliphatic hydroxyl groups is 1. The van der Waals surface area contributed by atoms with Gasteiger partial charge in [0.1, 0.15) is 22.4 Å². The monoisotopic (exact) mass is 590 g/mol. The van der Waals surface area contributed by atoms with Crippen LogP contribution in [-0.2, 0) is 14.8 Å². The van der Waals surface area contributed by atoms with E-state index in [1.807, 2.05) is 0 Å². The summed E-state index contributed by atoms with van der Waals surface area (Å²) in [4.78, 5) is 26.9. The first-order valence-electron chi connectivity index (χ1n) is 12.5. The molecule has 2 amide bonds. The number of hydrogen-bond acceptors (Lipinski definition) is 8. The Bertz CT molecular complexity index is 1330. The van der Waals surface area contributed by atoms with Crippen molar-refractivity contribution in [2.24, 2.45) is 5.92 Å². The molecule has 40 heavy (non-hydrogen) atoms. The Morgan fingerprint density at radius 3 is 2.58 bits per heavy atom. The predicted molar refractivity (Wildman–Crippen MR) is 137 cm³/mol. The van der Waals surface area contributed by atoms with E-state index in [0.717, 1.165) is 4.31 Å². The molecule has 1 aliphatic rings. The third-order valence-corrected chi connectivity index (χ3v) is 8.73. The number of carbonyl (C=O) groups is 2. The highest BCUT2D eigenvalue weighted by molar-refractivity contribution is 7.89. The van der Waals surface area contributed by atoms with Crippen molar-refractivity contribution in [3.63, 3.8) is 0 Å². The summed E-state index contributed by atoms with van der Waals surface area (Å²) in [5.74, 6) is -1.57. The zero-order valence-electron chi connectivity index (χ0n) is 22.8. The van der Waals surface area contributed by atoms with Crippen LogP contribution in [0.5, 0.6) is 5.75 Å². The highest BCUT2D eigenvalue weighted by atomic mass is 32.2. The van der Waals surface area contributed by atoms with E-state index in [1.54, 1.807) is 13.8 Å². The average molecular weight is 591 g/mol. The third kappa shape index (κ3) is 7.12. The van der Waals surface area contributed by atoms with Gasteiger partial charge < -0.3 is 24.6 Å². The number of aryl methyl sites for hydroxylation is 2. The standard InChI is InChI=1S/C25H33F3N4O7S/c1-14-11-32(15(2)13-33)24(35)19-10-18(29-22(34)8-9-25(26,27)28)6-7-20(19)38-21(14)12-31(5)40(36,37)23-16(3)30-39-17(23)4/h6-7,10,14-15,21,33H,8-9,11-13H2,1-5H3,(H,29,34). The van der Waals surface area contributed by atoms with E-state index >= 15 is 0 Å². The van der Waals surface area contributed by atoms with E-state index in [4.69, 9.17) is 9.26 Å². The summed E-state index contributed by atoms with van der Waals surface area (Å²) in [7, 11) is -2.63. The van der Waals surface area contributed by atoms with Crippen LogP contribution in [0.3, 0.4) is 0 Å². The molecule has 15 heteroatoms. The van der Waals surface area contributed by atoms with Gasteiger partial charge in [0.25, 0.3) is 5.91 Å². The highest BCUT2D eigenvalue weighted by Crippen LogP contribution is 2.32. The molecule has 1 aromatic carbocycles. The van der Waals surface area contributed by atoms with Crippen molar-refractivity contribution >= 4 is 27.5 Å². The number of anilines is 1. The van der Waals surface area contributed by atoms with Crippen LogP contribution in [0.2, 0.25) is 0 Å². The number of carbonyl (C=O) groups excluding carboxylic acids is 2. The van der Waals surface area contributed by atoms with Crippen LogP contribution in [0.25, 0.3) is 0 Å². The zero-order chi connectivity index (χ0) is 30.0. The lowest BCUT2D eigenvalue weighted by molar-refractivity contribution is -0.142. The molecule has 2 aromatic rings. The number of halogens is 3. The molecule has 11 nitrogen and oxygen atoms in total. The van der Waals surface area contributed by atoms with Crippen molar-refractivity contribution < 1.29 is 45.5 Å². The fraction of sp³-hybridized carbons (Fsp3) is 0.560. The summed E-state index contributed by atoms with van der Waals surface area (Å²) in [6.07, 6.45) is -7.33. The number of amides is 2. The number of alkyl halides is 3. The minimum atomic E-state index is -4.49. The number of nitrogens with zero attached hydrogens (tertiary/aromatic N) is 3. The van der Waals surface area contributed by atoms with Gasteiger partial charge in [-0.1, -0.05) is 12.1 Å². The summed E-state index contributed by atoms with van der Waals surface area (Å²) in [6, 6.07) is 3.45. The second-order valence-electron chi connectivity index (χ2n) is 9.94. The van der Waals surface area contributed by atoms with Crippen molar-refractivity contribution in [2.45, 2.75) is 63.8 Å². The SMILES string of the molecule is Cc1noc(C)c1S(=O)(=O)N(C)CC1Oc2ccc(NC(=O)CCC(F)(F)F)cc2C(=O)N(C(C)CO)CC1C. The summed E-state index contributed by atoms with van der Waals surface area (Å²) in [5.41, 5.74) is 0.296. The molecule has 0 radical (unpaired) electrons. The molecule has 3 unspecified atom stereocenters. The van der Waals surface area contributed by atoms with Gasteiger partial charge in [-0.2, -0.15) is 17.5 Å². The van der Waals surface area contributed by atoms with E-state index in [9.17, 15) is 36.3 Å². The van der Waals surface area contributed by atoms with Gasteiger partial charge in [0.2, 0.25) is 15.9 Å². The van der Waals surface area contributed by atoms with Gasteiger partial charge in [0, 0.05) is 31.6 Å². The molecule has 0 saturated heterocycles. The van der Waals surface area contributed by atoms with Crippen molar-refractivity contribution in [2.75, 3.05) is 32.1 Å². The molecule has 0 aliphatic carbocycles. The maximum absolute atomic E-state index is 13.5.